The Labute approximate surface area is 181 Å². The maximum atomic E-state index is 14.6. The highest BCUT2D eigenvalue weighted by Crippen LogP contribution is 2.29. The third kappa shape index (κ3) is 4.26. The first-order chi connectivity index (χ1) is 14.6. The topological polar surface area (TPSA) is 78.1 Å². The summed E-state index contributed by atoms with van der Waals surface area (Å²) in [4.78, 5) is 14.0. The Bertz CT molecular complexity index is 1090. The van der Waals surface area contributed by atoms with Crippen molar-refractivity contribution < 1.29 is 13.9 Å². The van der Waals surface area contributed by atoms with Crippen LogP contribution in [-0.4, -0.2) is 54.5 Å². The Morgan fingerprint density at radius 3 is 2.58 bits per heavy atom. The number of rotatable bonds is 3. The molecule has 1 aromatic carbocycles. The molecule has 0 atom stereocenters. The summed E-state index contributed by atoms with van der Waals surface area (Å²) in [6.07, 6.45) is 3.00. The van der Waals surface area contributed by atoms with Crippen LogP contribution in [0.1, 0.15) is 65.1 Å². The lowest BCUT2D eigenvalue weighted by Gasteiger charge is -2.33. The van der Waals surface area contributed by atoms with Gasteiger partial charge in [-0.1, -0.05) is 31.2 Å². The van der Waals surface area contributed by atoms with E-state index in [9.17, 15) is 9.18 Å². The number of likely N-dealkylation sites (tertiary alicyclic amines) is 1. The van der Waals surface area contributed by atoms with Gasteiger partial charge in [0.2, 0.25) is 0 Å². The molecule has 0 bridgehead atoms. The molecule has 166 valence electrons. The number of carbonyl (C=O) groups is 1. The minimum absolute atomic E-state index is 0.108. The van der Waals surface area contributed by atoms with Gasteiger partial charge in [-0.25, -0.2) is 18.5 Å². The van der Waals surface area contributed by atoms with Crippen LogP contribution in [0, 0.1) is 5.82 Å². The Morgan fingerprint density at radius 1 is 1.23 bits per heavy atom. The van der Waals surface area contributed by atoms with E-state index in [0.717, 1.165) is 23.9 Å². The SMILES string of the molecule is CC(C)c1nn(-c2cn(C3CCN(C(=O)OC(C)(C)C)CC3)nn2)c2c(F)cccc12. The summed E-state index contributed by atoms with van der Waals surface area (Å²) in [6, 6.07) is 5.12. The predicted molar refractivity (Wildman–Crippen MR) is 115 cm³/mol. The van der Waals surface area contributed by atoms with Crippen LogP contribution in [0.15, 0.2) is 24.4 Å². The minimum Gasteiger partial charge on any atom is -0.444 e. The molecular weight excluding hydrogens is 399 g/mol. The van der Waals surface area contributed by atoms with Gasteiger partial charge >= 0.3 is 6.09 Å². The third-order valence-corrected chi connectivity index (χ3v) is 5.43. The molecular formula is C22H29FN6O2. The van der Waals surface area contributed by atoms with Crippen molar-refractivity contribution >= 4 is 17.0 Å². The monoisotopic (exact) mass is 428 g/mol. The van der Waals surface area contributed by atoms with E-state index in [-0.39, 0.29) is 23.9 Å². The van der Waals surface area contributed by atoms with Crippen LogP contribution in [0.2, 0.25) is 0 Å². The highest BCUT2D eigenvalue weighted by atomic mass is 19.1. The fourth-order valence-corrected chi connectivity index (χ4v) is 3.92. The molecule has 1 aliphatic heterocycles. The van der Waals surface area contributed by atoms with Crippen molar-refractivity contribution in [1.82, 2.24) is 29.7 Å². The average molecular weight is 429 g/mol. The Kier molecular flexibility index (Phi) is 5.45. The maximum absolute atomic E-state index is 14.6. The summed E-state index contributed by atoms with van der Waals surface area (Å²) in [7, 11) is 0. The quantitative estimate of drug-likeness (QED) is 0.616. The van der Waals surface area contributed by atoms with Gasteiger partial charge in [0.1, 0.15) is 16.9 Å². The summed E-state index contributed by atoms with van der Waals surface area (Å²) in [5, 5.41) is 14.0. The number of piperidine rings is 1. The summed E-state index contributed by atoms with van der Waals surface area (Å²) in [5.74, 6) is 0.298. The van der Waals surface area contributed by atoms with Gasteiger partial charge in [0.05, 0.1) is 17.9 Å². The molecule has 9 heteroatoms. The number of halogens is 1. The first-order valence-electron chi connectivity index (χ1n) is 10.7. The number of hydrogen-bond acceptors (Lipinski definition) is 5. The third-order valence-electron chi connectivity index (χ3n) is 5.43. The van der Waals surface area contributed by atoms with Gasteiger partial charge in [-0.3, -0.25) is 0 Å². The fraction of sp³-hybridized carbons (Fsp3) is 0.545. The van der Waals surface area contributed by atoms with Gasteiger partial charge in [-0.05, 0) is 45.6 Å². The lowest BCUT2D eigenvalue weighted by atomic mass is 10.1. The van der Waals surface area contributed by atoms with Gasteiger partial charge < -0.3 is 9.64 Å². The molecule has 0 spiro atoms. The summed E-state index contributed by atoms with van der Waals surface area (Å²) in [5.41, 5.74) is 0.735. The average Bonchev–Trinajstić information content (AvgIpc) is 3.32. The Morgan fingerprint density at radius 2 is 1.94 bits per heavy atom. The molecule has 4 rings (SSSR count). The number of aromatic nitrogens is 5. The van der Waals surface area contributed by atoms with E-state index in [2.05, 4.69) is 15.4 Å². The highest BCUT2D eigenvalue weighted by Gasteiger charge is 2.28. The van der Waals surface area contributed by atoms with Crippen molar-refractivity contribution in [3.63, 3.8) is 0 Å². The first kappa shape index (κ1) is 21.3. The number of para-hydroxylation sites is 1. The number of ether oxygens (including phenoxy) is 1. The maximum Gasteiger partial charge on any atom is 0.410 e. The van der Waals surface area contributed by atoms with Gasteiger partial charge in [0, 0.05) is 18.5 Å². The van der Waals surface area contributed by atoms with Gasteiger partial charge in [-0.2, -0.15) is 5.10 Å². The van der Waals surface area contributed by atoms with Crippen molar-refractivity contribution in [2.75, 3.05) is 13.1 Å². The van der Waals surface area contributed by atoms with Gasteiger partial charge in [-0.15, -0.1) is 5.10 Å². The van der Waals surface area contributed by atoms with Crippen LogP contribution in [-0.2, 0) is 4.74 Å². The molecule has 0 N–H and O–H groups in total. The Hall–Kier alpha value is -2.97. The number of hydrogen-bond donors (Lipinski definition) is 0. The molecule has 0 radical (unpaired) electrons. The second-order valence-corrected chi connectivity index (χ2v) is 9.34. The van der Waals surface area contributed by atoms with E-state index < -0.39 is 5.60 Å². The van der Waals surface area contributed by atoms with Crippen molar-refractivity contribution in [2.45, 2.75) is 65.0 Å². The molecule has 1 aliphatic rings. The minimum atomic E-state index is -0.509. The van der Waals surface area contributed by atoms with E-state index in [0.29, 0.717) is 24.4 Å². The molecule has 0 unspecified atom stereocenters. The number of carbonyl (C=O) groups excluding carboxylic acids is 1. The van der Waals surface area contributed by atoms with E-state index in [4.69, 9.17) is 4.74 Å². The summed E-state index contributed by atoms with van der Waals surface area (Å²) in [6.45, 7) is 10.8. The molecule has 2 aromatic heterocycles. The van der Waals surface area contributed by atoms with E-state index in [1.807, 2.05) is 40.7 Å². The second-order valence-electron chi connectivity index (χ2n) is 9.34. The van der Waals surface area contributed by atoms with Gasteiger partial charge in [0.15, 0.2) is 5.82 Å². The Balaban J connectivity index is 1.53. The van der Waals surface area contributed by atoms with Crippen LogP contribution in [0.5, 0.6) is 0 Å². The van der Waals surface area contributed by atoms with Crippen LogP contribution >= 0.6 is 0 Å². The second kappa shape index (κ2) is 7.94. The molecule has 3 aromatic rings. The molecule has 1 amide bonds. The molecule has 3 heterocycles. The molecule has 8 nitrogen and oxygen atoms in total. The first-order valence-corrected chi connectivity index (χ1v) is 10.7. The predicted octanol–water partition coefficient (Wildman–Crippen LogP) is 4.45. The fourth-order valence-electron chi connectivity index (χ4n) is 3.92. The molecule has 1 fully saturated rings. The zero-order chi connectivity index (χ0) is 22.3. The smallest absolute Gasteiger partial charge is 0.410 e. The molecule has 0 aliphatic carbocycles. The molecule has 31 heavy (non-hydrogen) atoms. The van der Waals surface area contributed by atoms with E-state index in [1.54, 1.807) is 26.5 Å². The van der Waals surface area contributed by atoms with Crippen LogP contribution in [0.3, 0.4) is 0 Å². The van der Waals surface area contributed by atoms with Crippen molar-refractivity contribution in [3.8, 4) is 5.82 Å². The summed E-state index contributed by atoms with van der Waals surface area (Å²) < 4.78 is 23.4. The number of nitrogens with zero attached hydrogens (tertiary/aromatic N) is 6. The lowest BCUT2D eigenvalue weighted by molar-refractivity contribution is 0.0184. The largest absolute Gasteiger partial charge is 0.444 e. The van der Waals surface area contributed by atoms with Crippen molar-refractivity contribution in [3.05, 3.63) is 35.9 Å². The number of benzene rings is 1. The normalized spacial score (nSPS) is 15.8. The number of amides is 1. The lowest BCUT2D eigenvalue weighted by Crippen LogP contribution is -2.42. The standard InChI is InChI=1S/C22H29FN6O2/c1-14(2)19-16-7-6-8-17(23)20(16)29(25-19)18-13-28(26-24-18)15-9-11-27(12-10-15)21(30)31-22(3,4)5/h6-8,13-15H,9-12H2,1-5H3. The van der Waals surface area contributed by atoms with Crippen LogP contribution in [0.4, 0.5) is 9.18 Å². The zero-order valence-electron chi connectivity index (χ0n) is 18.7. The molecule has 0 saturated carbocycles. The number of fused-ring (bicyclic) bond motifs is 1. The van der Waals surface area contributed by atoms with Crippen molar-refractivity contribution in [1.29, 1.82) is 0 Å². The summed E-state index contributed by atoms with van der Waals surface area (Å²) >= 11 is 0. The van der Waals surface area contributed by atoms with E-state index in [1.165, 1.54) is 6.07 Å². The molecule has 1 saturated heterocycles. The van der Waals surface area contributed by atoms with Crippen LogP contribution < -0.4 is 0 Å². The zero-order valence-corrected chi connectivity index (χ0v) is 18.7. The van der Waals surface area contributed by atoms with Gasteiger partial charge in [0.25, 0.3) is 0 Å². The van der Waals surface area contributed by atoms with Crippen LogP contribution in [0.25, 0.3) is 16.7 Å². The van der Waals surface area contributed by atoms with E-state index >= 15 is 0 Å². The van der Waals surface area contributed by atoms with Crippen molar-refractivity contribution in [2.24, 2.45) is 0 Å². The highest BCUT2D eigenvalue weighted by molar-refractivity contribution is 5.84.